The van der Waals surface area contributed by atoms with Gasteiger partial charge in [-0.15, -0.1) is 0 Å². The van der Waals surface area contributed by atoms with E-state index in [0.717, 1.165) is 36.8 Å². The van der Waals surface area contributed by atoms with Gasteiger partial charge in [-0.3, -0.25) is 4.57 Å². The van der Waals surface area contributed by atoms with Crippen LogP contribution in [0.25, 0.3) is 11.4 Å². The molecule has 0 saturated carbocycles. The lowest BCUT2D eigenvalue weighted by molar-refractivity contribution is 0.371. The molecule has 0 aliphatic carbocycles. The van der Waals surface area contributed by atoms with E-state index >= 15 is 0 Å². The average molecular weight is 429 g/mol. The maximum atomic E-state index is 10.8. The maximum Gasteiger partial charge on any atom is 0.325 e. The standard InChI is InChI=1S/C22H28N3O4P/c26-30(27,28)16-6-15-23-17-19-11-13-20(14-12-19)22-24-21(29-25-22)10-5-4-9-18-7-2-1-3-8-18/h1-3,7-8,11-14,23H,4-6,9-10,15-17H2,(H2,26,27,28). The van der Waals surface area contributed by atoms with Gasteiger partial charge in [-0.1, -0.05) is 59.8 Å². The molecule has 0 atom stereocenters. The molecule has 30 heavy (non-hydrogen) atoms. The highest BCUT2D eigenvalue weighted by Crippen LogP contribution is 2.34. The summed E-state index contributed by atoms with van der Waals surface area (Å²) in [6.45, 7) is 1.20. The smallest absolute Gasteiger partial charge is 0.325 e. The molecule has 7 nitrogen and oxygen atoms in total. The Morgan fingerprint density at radius 2 is 1.63 bits per heavy atom. The predicted molar refractivity (Wildman–Crippen MR) is 116 cm³/mol. The Bertz CT molecular complexity index is 939. The molecule has 3 N–H and O–H groups in total. The van der Waals surface area contributed by atoms with Gasteiger partial charge in [0.2, 0.25) is 11.7 Å². The van der Waals surface area contributed by atoms with Crippen LogP contribution in [0, 0.1) is 0 Å². The number of unbranched alkanes of at least 4 members (excludes halogenated alkanes) is 1. The summed E-state index contributed by atoms with van der Waals surface area (Å²) in [4.78, 5) is 22.2. The van der Waals surface area contributed by atoms with E-state index in [9.17, 15) is 4.57 Å². The van der Waals surface area contributed by atoms with Gasteiger partial charge >= 0.3 is 7.60 Å². The van der Waals surface area contributed by atoms with Crippen LogP contribution in [0.5, 0.6) is 0 Å². The van der Waals surface area contributed by atoms with Crippen molar-refractivity contribution in [1.29, 1.82) is 0 Å². The number of hydrogen-bond donors (Lipinski definition) is 3. The Kier molecular flexibility index (Phi) is 8.34. The van der Waals surface area contributed by atoms with Crippen LogP contribution >= 0.6 is 7.60 Å². The summed E-state index contributed by atoms with van der Waals surface area (Å²) in [5.41, 5.74) is 3.33. The van der Waals surface area contributed by atoms with Crippen LogP contribution in [-0.2, 0) is 24.0 Å². The van der Waals surface area contributed by atoms with Crippen LogP contribution in [0.2, 0.25) is 0 Å². The van der Waals surface area contributed by atoms with E-state index in [4.69, 9.17) is 14.3 Å². The summed E-state index contributed by atoms with van der Waals surface area (Å²) in [6, 6.07) is 18.3. The van der Waals surface area contributed by atoms with E-state index < -0.39 is 7.60 Å². The fraction of sp³-hybridized carbons (Fsp3) is 0.364. The fourth-order valence-electron chi connectivity index (χ4n) is 3.14. The van der Waals surface area contributed by atoms with Gasteiger partial charge in [-0.2, -0.15) is 4.98 Å². The van der Waals surface area contributed by atoms with Crippen molar-refractivity contribution in [3.63, 3.8) is 0 Å². The Labute approximate surface area is 176 Å². The van der Waals surface area contributed by atoms with E-state index in [-0.39, 0.29) is 6.16 Å². The minimum atomic E-state index is -3.90. The van der Waals surface area contributed by atoms with Crippen molar-refractivity contribution in [2.24, 2.45) is 0 Å². The summed E-state index contributed by atoms with van der Waals surface area (Å²) in [5, 5.41) is 7.27. The molecule has 0 bridgehead atoms. The molecule has 0 unspecified atom stereocenters. The van der Waals surface area contributed by atoms with E-state index in [1.807, 2.05) is 30.3 Å². The molecule has 0 aliphatic heterocycles. The monoisotopic (exact) mass is 429 g/mol. The lowest BCUT2D eigenvalue weighted by atomic mass is 10.1. The van der Waals surface area contributed by atoms with Crippen molar-refractivity contribution >= 4 is 7.60 Å². The average Bonchev–Trinajstić information content (AvgIpc) is 3.20. The summed E-state index contributed by atoms with van der Waals surface area (Å²) in [5.74, 6) is 1.25. The van der Waals surface area contributed by atoms with Crippen LogP contribution in [0.4, 0.5) is 0 Å². The van der Waals surface area contributed by atoms with E-state index in [1.54, 1.807) is 0 Å². The largest absolute Gasteiger partial charge is 0.339 e. The van der Waals surface area contributed by atoms with Crippen LogP contribution in [0.1, 0.15) is 36.3 Å². The van der Waals surface area contributed by atoms with Crippen LogP contribution in [-0.4, -0.2) is 32.6 Å². The number of hydrogen-bond acceptors (Lipinski definition) is 5. The summed E-state index contributed by atoms with van der Waals surface area (Å²) in [6.07, 6.45) is 4.26. The second kappa shape index (κ2) is 11.2. The first kappa shape index (κ1) is 22.4. The SMILES string of the molecule is O=P(O)(O)CCCNCc1ccc(-c2noc(CCCCc3ccccc3)n2)cc1. The van der Waals surface area contributed by atoms with Gasteiger partial charge in [-0.05, 0) is 43.4 Å². The van der Waals surface area contributed by atoms with Crippen molar-refractivity contribution in [2.75, 3.05) is 12.7 Å². The first-order valence-corrected chi connectivity index (χ1v) is 12.0. The lowest BCUT2D eigenvalue weighted by Crippen LogP contribution is -2.15. The highest BCUT2D eigenvalue weighted by Gasteiger charge is 2.11. The number of rotatable bonds is 12. The minimum Gasteiger partial charge on any atom is -0.339 e. The number of nitrogens with one attached hydrogen (secondary N) is 1. The summed E-state index contributed by atoms with van der Waals surface area (Å²) in [7, 11) is -3.90. The molecule has 3 aromatic rings. The first-order valence-electron chi connectivity index (χ1n) is 10.2. The Morgan fingerprint density at radius 3 is 2.37 bits per heavy atom. The van der Waals surface area contributed by atoms with Gasteiger partial charge in [-0.25, -0.2) is 0 Å². The van der Waals surface area contributed by atoms with Crippen molar-refractivity contribution in [1.82, 2.24) is 15.5 Å². The highest BCUT2D eigenvalue weighted by molar-refractivity contribution is 7.51. The van der Waals surface area contributed by atoms with Gasteiger partial charge in [0.1, 0.15) is 0 Å². The lowest BCUT2D eigenvalue weighted by Gasteiger charge is -2.06. The van der Waals surface area contributed by atoms with E-state index in [1.165, 1.54) is 5.56 Å². The normalized spacial score (nSPS) is 11.7. The first-order chi connectivity index (χ1) is 14.5. The second-order valence-electron chi connectivity index (χ2n) is 7.32. The zero-order valence-corrected chi connectivity index (χ0v) is 17.8. The zero-order chi connectivity index (χ0) is 21.2. The molecule has 0 aliphatic rings. The fourth-order valence-corrected chi connectivity index (χ4v) is 3.71. The van der Waals surface area contributed by atoms with Gasteiger partial charge in [0.05, 0.1) is 6.16 Å². The Balaban J connectivity index is 1.40. The molecule has 3 rings (SSSR count). The van der Waals surface area contributed by atoms with E-state index in [0.29, 0.717) is 31.2 Å². The van der Waals surface area contributed by atoms with Crippen molar-refractivity contribution in [2.45, 2.75) is 38.6 Å². The third-order valence-electron chi connectivity index (χ3n) is 4.76. The van der Waals surface area contributed by atoms with Crippen molar-refractivity contribution in [3.05, 3.63) is 71.6 Å². The van der Waals surface area contributed by atoms with Crippen LogP contribution in [0.3, 0.4) is 0 Å². The molecule has 0 fully saturated rings. The zero-order valence-electron chi connectivity index (χ0n) is 16.9. The quantitative estimate of drug-likeness (QED) is 0.295. The van der Waals surface area contributed by atoms with Crippen molar-refractivity contribution in [3.8, 4) is 11.4 Å². The Hall–Kier alpha value is -2.31. The molecule has 1 heterocycles. The Morgan fingerprint density at radius 1 is 0.900 bits per heavy atom. The molecule has 8 heteroatoms. The van der Waals surface area contributed by atoms with Gasteiger partial charge in [0.25, 0.3) is 0 Å². The highest BCUT2D eigenvalue weighted by atomic mass is 31.2. The maximum absolute atomic E-state index is 10.8. The topological polar surface area (TPSA) is 108 Å². The molecular formula is C22H28N3O4P. The number of benzene rings is 2. The van der Waals surface area contributed by atoms with Gasteiger partial charge in [0.15, 0.2) is 0 Å². The molecule has 0 spiro atoms. The molecule has 0 amide bonds. The summed E-state index contributed by atoms with van der Waals surface area (Å²) < 4.78 is 16.2. The van der Waals surface area contributed by atoms with Gasteiger partial charge < -0.3 is 19.6 Å². The predicted octanol–water partition coefficient (Wildman–Crippen LogP) is 3.96. The van der Waals surface area contributed by atoms with Crippen LogP contribution in [0.15, 0.2) is 59.1 Å². The van der Waals surface area contributed by atoms with E-state index in [2.05, 4.69) is 39.7 Å². The molecule has 0 radical (unpaired) electrons. The number of nitrogens with zero attached hydrogens (tertiary/aromatic N) is 2. The molecular weight excluding hydrogens is 401 g/mol. The third-order valence-corrected chi connectivity index (χ3v) is 5.66. The second-order valence-corrected chi connectivity index (χ2v) is 9.10. The molecule has 0 saturated heterocycles. The molecule has 1 aromatic heterocycles. The van der Waals surface area contributed by atoms with Gasteiger partial charge in [0, 0.05) is 18.5 Å². The molecule has 2 aromatic carbocycles. The molecule has 160 valence electrons. The number of aromatic nitrogens is 2. The third kappa shape index (κ3) is 7.84. The van der Waals surface area contributed by atoms with Crippen LogP contribution < -0.4 is 5.32 Å². The van der Waals surface area contributed by atoms with Crippen molar-refractivity contribution < 1.29 is 18.9 Å². The summed E-state index contributed by atoms with van der Waals surface area (Å²) >= 11 is 0. The minimum absolute atomic E-state index is 0.0919. The number of aryl methyl sites for hydroxylation is 2.